The summed E-state index contributed by atoms with van der Waals surface area (Å²) in [5.74, 6) is 1.67. The van der Waals surface area contributed by atoms with Crippen LogP contribution in [0, 0.1) is 0 Å². The van der Waals surface area contributed by atoms with Gasteiger partial charge in [-0.3, -0.25) is 0 Å². The van der Waals surface area contributed by atoms with Crippen LogP contribution in [0.3, 0.4) is 0 Å². The molecule has 0 fully saturated rings. The molecule has 0 unspecified atom stereocenters. The number of aliphatic hydroxyl groups is 1. The molecule has 1 N–H and O–H groups in total. The summed E-state index contributed by atoms with van der Waals surface area (Å²) in [6, 6.07) is 5.39. The van der Waals surface area contributed by atoms with E-state index in [4.69, 9.17) is 9.47 Å². The monoisotopic (exact) mass is 248 g/mol. The Morgan fingerprint density at radius 1 is 1.28 bits per heavy atom. The van der Waals surface area contributed by atoms with Crippen LogP contribution in [0.1, 0.15) is 17.5 Å². The Hall–Kier alpha value is -2.01. The zero-order valence-corrected chi connectivity index (χ0v) is 10.6. The highest BCUT2D eigenvalue weighted by molar-refractivity contribution is 5.48. The second-order valence-electron chi connectivity index (χ2n) is 3.88. The first kappa shape index (κ1) is 12.4. The Morgan fingerprint density at radius 2 is 2.06 bits per heavy atom. The van der Waals surface area contributed by atoms with Gasteiger partial charge in [0.25, 0.3) is 0 Å². The van der Waals surface area contributed by atoms with Crippen molar-refractivity contribution in [3.63, 3.8) is 0 Å². The van der Waals surface area contributed by atoms with Gasteiger partial charge < -0.3 is 19.1 Å². The molecule has 5 nitrogen and oxygen atoms in total. The van der Waals surface area contributed by atoms with Gasteiger partial charge in [-0.05, 0) is 6.07 Å². The molecule has 0 aliphatic rings. The first-order valence-corrected chi connectivity index (χ1v) is 5.55. The van der Waals surface area contributed by atoms with Crippen LogP contribution in [-0.4, -0.2) is 28.9 Å². The van der Waals surface area contributed by atoms with E-state index in [9.17, 15) is 5.11 Å². The van der Waals surface area contributed by atoms with E-state index in [0.29, 0.717) is 22.9 Å². The number of aromatic nitrogens is 2. The average Bonchev–Trinajstić information content (AvgIpc) is 2.83. The lowest BCUT2D eigenvalue weighted by Crippen LogP contribution is -2.09. The summed E-state index contributed by atoms with van der Waals surface area (Å²) in [6.07, 6.45) is 2.58. The fraction of sp³-hybridized carbons (Fsp3) is 0.308. The third kappa shape index (κ3) is 2.04. The van der Waals surface area contributed by atoms with Gasteiger partial charge in [0, 0.05) is 25.0 Å². The Kier molecular flexibility index (Phi) is 3.53. The number of aryl methyl sites for hydroxylation is 1. The van der Waals surface area contributed by atoms with E-state index in [1.807, 2.05) is 13.1 Å². The maximum absolute atomic E-state index is 10.4. The van der Waals surface area contributed by atoms with Gasteiger partial charge in [0.1, 0.15) is 11.9 Å². The number of nitrogens with zero attached hydrogens (tertiary/aromatic N) is 2. The number of rotatable bonds is 4. The van der Waals surface area contributed by atoms with Crippen molar-refractivity contribution >= 4 is 0 Å². The molecule has 0 bridgehead atoms. The molecule has 0 aliphatic carbocycles. The summed E-state index contributed by atoms with van der Waals surface area (Å²) in [5.41, 5.74) is 0.631. The molecule has 5 heteroatoms. The SMILES string of the molecule is COc1cccc([C@H](O)c2nccn2C)c1OC. The molecule has 2 rings (SSSR count). The van der Waals surface area contributed by atoms with Crippen LogP contribution in [-0.2, 0) is 7.05 Å². The summed E-state index contributed by atoms with van der Waals surface area (Å²) in [4.78, 5) is 4.14. The van der Waals surface area contributed by atoms with Gasteiger partial charge in [0.2, 0.25) is 0 Å². The van der Waals surface area contributed by atoms with E-state index >= 15 is 0 Å². The molecule has 0 aliphatic heterocycles. The minimum Gasteiger partial charge on any atom is -0.493 e. The number of imidazole rings is 1. The van der Waals surface area contributed by atoms with Crippen LogP contribution < -0.4 is 9.47 Å². The molecule has 2 aromatic rings. The van der Waals surface area contributed by atoms with E-state index in [0.717, 1.165) is 0 Å². The molecule has 96 valence electrons. The predicted molar refractivity (Wildman–Crippen MR) is 66.8 cm³/mol. The molecule has 0 saturated carbocycles. The van der Waals surface area contributed by atoms with Crippen LogP contribution >= 0.6 is 0 Å². The fourth-order valence-corrected chi connectivity index (χ4v) is 1.91. The quantitative estimate of drug-likeness (QED) is 0.891. The number of ether oxygens (including phenoxy) is 2. The number of para-hydroxylation sites is 1. The molecule has 1 heterocycles. The number of hydrogen-bond donors (Lipinski definition) is 1. The molecule has 0 saturated heterocycles. The third-order valence-corrected chi connectivity index (χ3v) is 2.83. The zero-order chi connectivity index (χ0) is 13.1. The van der Waals surface area contributed by atoms with Crippen molar-refractivity contribution in [2.24, 2.45) is 7.05 Å². The van der Waals surface area contributed by atoms with Crippen LogP contribution in [0.4, 0.5) is 0 Å². The second-order valence-corrected chi connectivity index (χ2v) is 3.88. The van der Waals surface area contributed by atoms with Gasteiger partial charge in [0.05, 0.1) is 14.2 Å². The van der Waals surface area contributed by atoms with Gasteiger partial charge in [-0.25, -0.2) is 4.98 Å². The lowest BCUT2D eigenvalue weighted by molar-refractivity contribution is 0.199. The van der Waals surface area contributed by atoms with Crippen molar-refractivity contribution in [3.8, 4) is 11.5 Å². The molecular formula is C13H16N2O3. The highest BCUT2D eigenvalue weighted by Crippen LogP contribution is 2.36. The molecule has 18 heavy (non-hydrogen) atoms. The van der Waals surface area contributed by atoms with Gasteiger partial charge >= 0.3 is 0 Å². The van der Waals surface area contributed by atoms with Gasteiger partial charge in [-0.2, -0.15) is 0 Å². The summed E-state index contributed by atoms with van der Waals surface area (Å²) in [5, 5.41) is 10.4. The standard InChI is InChI=1S/C13H16N2O3/c1-15-8-7-14-13(15)11(16)9-5-4-6-10(17-2)12(9)18-3/h4-8,11,16H,1-3H3/t11-/m0/s1. The highest BCUT2D eigenvalue weighted by atomic mass is 16.5. The highest BCUT2D eigenvalue weighted by Gasteiger charge is 2.21. The molecule has 1 atom stereocenters. The number of aliphatic hydroxyl groups excluding tert-OH is 1. The number of benzene rings is 1. The molecule has 1 aromatic carbocycles. The van der Waals surface area contributed by atoms with Crippen LogP contribution in [0.5, 0.6) is 11.5 Å². The van der Waals surface area contributed by atoms with Crippen molar-refractivity contribution in [2.75, 3.05) is 14.2 Å². The van der Waals surface area contributed by atoms with Gasteiger partial charge in [0.15, 0.2) is 11.5 Å². The summed E-state index contributed by atoms with van der Waals surface area (Å²) in [7, 11) is 4.94. The van der Waals surface area contributed by atoms with E-state index in [2.05, 4.69) is 4.98 Å². The first-order valence-electron chi connectivity index (χ1n) is 5.55. The van der Waals surface area contributed by atoms with Crippen molar-refractivity contribution < 1.29 is 14.6 Å². The van der Waals surface area contributed by atoms with E-state index in [1.165, 1.54) is 0 Å². The van der Waals surface area contributed by atoms with E-state index < -0.39 is 6.10 Å². The molecule has 0 spiro atoms. The molecule has 0 amide bonds. The van der Waals surface area contributed by atoms with Crippen molar-refractivity contribution in [1.82, 2.24) is 9.55 Å². The van der Waals surface area contributed by atoms with Gasteiger partial charge in [-0.15, -0.1) is 0 Å². The van der Waals surface area contributed by atoms with Crippen molar-refractivity contribution in [3.05, 3.63) is 42.0 Å². The Labute approximate surface area is 106 Å². The fourth-order valence-electron chi connectivity index (χ4n) is 1.91. The smallest absolute Gasteiger partial charge is 0.166 e. The Bertz CT molecular complexity index is 537. The molecule has 0 radical (unpaired) electrons. The van der Waals surface area contributed by atoms with Crippen LogP contribution in [0.25, 0.3) is 0 Å². The summed E-state index contributed by atoms with van der Waals surface area (Å²) >= 11 is 0. The maximum Gasteiger partial charge on any atom is 0.166 e. The second kappa shape index (κ2) is 5.10. The van der Waals surface area contributed by atoms with Crippen LogP contribution in [0.15, 0.2) is 30.6 Å². The van der Waals surface area contributed by atoms with E-state index in [-0.39, 0.29) is 0 Å². The van der Waals surface area contributed by atoms with E-state index in [1.54, 1.807) is 43.3 Å². The minimum absolute atomic E-state index is 0.524. The number of methoxy groups -OCH3 is 2. The zero-order valence-electron chi connectivity index (χ0n) is 10.6. The Balaban J connectivity index is 2.48. The van der Waals surface area contributed by atoms with Crippen LogP contribution in [0.2, 0.25) is 0 Å². The predicted octanol–water partition coefficient (Wildman–Crippen LogP) is 1.52. The maximum atomic E-state index is 10.4. The third-order valence-electron chi connectivity index (χ3n) is 2.83. The first-order chi connectivity index (χ1) is 8.69. The molecular weight excluding hydrogens is 232 g/mol. The topological polar surface area (TPSA) is 56.5 Å². The van der Waals surface area contributed by atoms with Crippen molar-refractivity contribution in [1.29, 1.82) is 0 Å². The lowest BCUT2D eigenvalue weighted by Gasteiger charge is -2.16. The summed E-state index contributed by atoms with van der Waals surface area (Å²) < 4.78 is 12.3. The lowest BCUT2D eigenvalue weighted by atomic mass is 10.1. The number of hydrogen-bond acceptors (Lipinski definition) is 4. The average molecular weight is 248 g/mol. The summed E-state index contributed by atoms with van der Waals surface area (Å²) in [6.45, 7) is 0. The van der Waals surface area contributed by atoms with Crippen molar-refractivity contribution in [2.45, 2.75) is 6.10 Å². The van der Waals surface area contributed by atoms with Gasteiger partial charge in [-0.1, -0.05) is 12.1 Å². The normalized spacial score (nSPS) is 12.2. The molecule has 1 aromatic heterocycles. The minimum atomic E-state index is -0.852. The Morgan fingerprint density at radius 3 is 2.61 bits per heavy atom. The largest absolute Gasteiger partial charge is 0.493 e.